The first-order valence-electron chi connectivity index (χ1n) is 12.8. The van der Waals surface area contributed by atoms with Gasteiger partial charge in [-0.3, -0.25) is 9.52 Å². The van der Waals surface area contributed by atoms with Crippen molar-refractivity contribution in [3.05, 3.63) is 47.7 Å². The van der Waals surface area contributed by atoms with Gasteiger partial charge in [0, 0.05) is 32.8 Å². The lowest BCUT2D eigenvalue weighted by Crippen LogP contribution is -2.50. The molecular formula is C25H34N6O8S2. The maximum atomic E-state index is 13.7. The Kier molecular flexibility index (Phi) is 8.50. The Morgan fingerprint density at radius 1 is 1.24 bits per heavy atom. The molecule has 2 N–H and O–H groups in total. The van der Waals surface area contributed by atoms with E-state index >= 15 is 0 Å². The van der Waals surface area contributed by atoms with Crippen LogP contribution in [0.2, 0.25) is 0 Å². The molecule has 0 fully saturated rings. The summed E-state index contributed by atoms with van der Waals surface area (Å²) in [6, 6.07) is 3.87. The number of aromatic nitrogens is 3. The highest BCUT2D eigenvalue weighted by atomic mass is 32.2. The van der Waals surface area contributed by atoms with Gasteiger partial charge in [0.25, 0.3) is 15.9 Å². The minimum absolute atomic E-state index is 0.0200. The van der Waals surface area contributed by atoms with Crippen LogP contribution in [0.1, 0.15) is 35.7 Å². The molecule has 1 aliphatic rings. The summed E-state index contributed by atoms with van der Waals surface area (Å²) >= 11 is 0. The number of aliphatic hydroxyl groups excluding tert-OH is 1. The normalized spacial score (nSPS) is 18.9. The van der Waals surface area contributed by atoms with E-state index < -0.39 is 44.0 Å². The Morgan fingerprint density at radius 2 is 1.95 bits per heavy atom. The largest absolute Gasteiger partial charge is 0.486 e. The molecule has 1 aromatic carbocycles. The third-order valence-corrected chi connectivity index (χ3v) is 10.3. The summed E-state index contributed by atoms with van der Waals surface area (Å²) in [5.41, 5.74) is 0.249. The molecule has 3 atom stereocenters. The van der Waals surface area contributed by atoms with E-state index in [1.807, 2.05) is 0 Å². The van der Waals surface area contributed by atoms with E-state index in [0.717, 1.165) is 4.31 Å². The van der Waals surface area contributed by atoms with Crippen molar-refractivity contribution in [2.75, 3.05) is 31.5 Å². The molecule has 2 aromatic heterocycles. The number of para-hydroxylation sites is 1. The van der Waals surface area contributed by atoms with Crippen LogP contribution in [0.4, 0.5) is 5.69 Å². The lowest BCUT2D eigenvalue weighted by molar-refractivity contribution is 0.0389. The van der Waals surface area contributed by atoms with E-state index in [0.29, 0.717) is 0 Å². The molecule has 4 rings (SSSR count). The highest BCUT2D eigenvalue weighted by molar-refractivity contribution is 7.92. The third kappa shape index (κ3) is 5.95. The summed E-state index contributed by atoms with van der Waals surface area (Å²) in [7, 11) is -5.19. The number of sulfonamides is 2. The number of aryl methyl sites for hydroxylation is 3. The third-order valence-electron chi connectivity index (χ3n) is 6.97. The number of imidazole rings is 1. The number of amides is 1. The molecule has 0 saturated heterocycles. The smallest absolute Gasteiger partial charge is 0.281 e. The van der Waals surface area contributed by atoms with Gasteiger partial charge in [0.15, 0.2) is 16.5 Å². The minimum Gasteiger partial charge on any atom is -0.486 e. The maximum Gasteiger partial charge on any atom is 0.281 e. The number of ether oxygens (including phenoxy) is 1. The van der Waals surface area contributed by atoms with Gasteiger partial charge in [0.05, 0.1) is 36.8 Å². The average Bonchev–Trinajstić information content (AvgIpc) is 3.50. The number of nitrogens with zero attached hydrogens (tertiary/aromatic N) is 5. The summed E-state index contributed by atoms with van der Waals surface area (Å²) in [6.07, 6.45) is 1.83. The second-order valence-electron chi connectivity index (χ2n) is 10.2. The number of aliphatic hydroxyl groups is 1. The first kappa shape index (κ1) is 30.5. The van der Waals surface area contributed by atoms with Gasteiger partial charge in [-0.05, 0) is 32.9 Å². The van der Waals surface area contributed by atoms with E-state index in [1.165, 1.54) is 61.1 Å². The highest BCUT2D eigenvalue weighted by Gasteiger charge is 2.37. The summed E-state index contributed by atoms with van der Waals surface area (Å²) in [5.74, 6) is -0.829. The van der Waals surface area contributed by atoms with Crippen molar-refractivity contribution in [3.63, 3.8) is 0 Å². The average molecular weight is 611 g/mol. The van der Waals surface area contributed by atoms with Crippen LogP contribution in [0.3, 0.4) is 0 Å². The molecule has 14 nitrogen and oxygen atoms in total. The zero-order valence-electron chi connectivity index (χ0n) is 23.6. The first-order chi connectivity index (χ1) is 19.2. The summed E-state index contributed by atoms with van der Waals surface area (Å²) < 4.78 is 69.7. The fraction of sp³-hybridized carbons (Fsp3) is 0.480. The lowest BCUT2D eigenvalue weighted by Gasteiger charge is -2.38. The first-order valence-corrected chi connectivity index (χ1v) is 15.7. The van der Waals surface area contributed by atoms with E-state index in [1.54, 1.807) is 20.9 Å². The molecule has 0 bridgehead atoms. The molecule has 16 heteroatoms. The summed E-state index contributed by atoms with van der Waals surface area (Å²) in [5, 5.41) is 13.4. The molecular weight excluding hydrogens is 576 g/mol. The number of likely N-dealkylation sites (N-methyl/N-ethyl adjacent to an activating group) is 1. The Balaban J connectivity index is 1.78. The van der Waals surface area contributed by atoms with E-state index in [2.05, 4.69) is 14.9 Å². The second kappa shape index (κ2) is 11.4. The van der Waals surface area contributed by atoms with Crippen molar-refractivity contribution >= 4 is 31.6 Å². The maximum absolute atomic E-state index is 13.7. The topological polar surface area (TPSA) is 177 Å². The van der Waals surface area contributed by atoms with Crippen LogP contribution in [-0.4, -0.2) is 90.7 Å². The van der Waals surface area contributed by atoms with Crippen LogP contribution in [0, 0.1) is 19.8 Å². The fourth-order valence-corrected chi connectivity index (χ4v) is 7.13. The second-order valence-corrected chi connectivity index (χ2v) is 13.8. The predicted octanol–water partition coefficient (Wildman–Crippen LogP) is 1.37. The predicted molar refractivity (Wildman–Crippen MR) is 147 cm³/mol. The number of carbonyl (C=O) groups is 1. The van der Waals surface area contributed by atoms with E-state index in [4.69, 9.17) is 9.26 Å². The van der Waals surface area contributed by atoms with Gasteiger partial charge >= 0.3 is 0 Å². The van der Waals surface area contributed by atoms with Crippen LogP contribution in [-0.2, 0) is 27.1 Å². The fourth-order valence-electron chi connectivity index (χ4n) is 4.62. The number of hydrogen-bond donors (Lipinski definition) is 2. The van der Waals surface area contributed by atoms with E-state index in [9.17, 15) is 26.7 Å². The van der Waals surface area contributed by atoms with Gasteiger partial charge in [-0.15, -0.1) is 0 Å². The van der Waals surface area contributed by atoms with Crippen LogP contribution in [0.25, 0.3) is 0 Å². The Bertz CT molecular complexity index is 1630. The molecule has 1 aliphatic heterocycles. The number of benzene rings is 1. The van der Waals surface area contributed by atoms with Crippen LogP contribution in [0.5, 0.6) is 5.75 Å². The van der Waals surface area contributed by atoms with Crippen molar-refractivity contribution < 1.29 is 36.0 Å². The molecule has 0 saturated carbocycles. The molecule has 0 radical (unpaired) electrons. The Hall–Kier alpha value is -3.47. The number of fused-ring (bicyclic) bond motifs is 1. The van der Waals surface area contributed by atoms with Crippen molar-refractivity contribution in [3.8, 4) is 5.75 Å². The van der Waals surface area contributed by atoms with Crippen LogP contribution in [0.15, 0.2) is 45.2 Å². The molecule has 0 spiro atoms. The molecule has 0 unspecified atom stereocenters. The zero-order chi connectivity index (χ0) is 30.3. The quantitative estimate of drug-likeness (QED) is 0.360. The van der Waals surface area contributed by atoms with Gasteiger partial charge in [-0.2, -0.15) is 12.7 Å². The van der Waals surface area contributed by atoms with Gasteiger partial charge in [0.2, 0.25) is 10.0 Å². The monoisotopic (exact) mass is 610 g/mol. The van der Waals surface area contributed by atoms with Crippen LogP contribution >= 0.6 is 0 Å². The minimum atomic E-state index is -4.17. The zero-order valence-corrected chi connectivity index (χ0v) is 25.2. The summed E-state index contributed by atoms with van der Waals surface area (Å²) in [4.78, 5) is 19.0. The summed E-state index contributed by atoms with van der Waals surface area (Å²) in [6.45, 7) is 6.19. The molecule has 3 aromatic rings. The highest BCUT2D eigenvalue weighted by Crippen LogP contribution is 2.36. The van der Waals surface area contributed by atoms with Gasteiger partial charge in [-0.25, -0.2) is 13.4 Å². The molecule has 224 valence electrons. The number of nitrogens with one attached hydrogen (secondary N) is 1. The number of rotatable bonds is 9. The Morgan fingerprint density at radius 3 is 2.54 bits per heavy atom. The number of hydrogen-bond acceptors (Lipinski definition) is 10. The Labute approximate surface area is 239 Å². The molecule has 0 aliphatic carbocycles. The molecule has 3 heterocycles. The van der Waals surface area contributed by atoms with Gasteiger partial charge in [-0.1, -0.05) is 18.1 Å². The number of anilines is 1. The SMILES string of the molecule is Cc1noc(C)c1S(=O)(=O)N(C)C[C@H]1Oc2c(NS(=O)(=O)c3cn(C)cn3)cccc2C(=O)N([C@@H](C)CO)C[C@H]1C. The van der Waals surface area contributed by atoms with Gasteiger partial charge in [0.1, 0.15) is 16.7 Å². The standard InChI is InChI=1S/C25H34N6O8S2/c1-15-10-31(16(2)13-32)25(33)19-8-7-9-20(28-40(34,35)22-12-29(5)14-26-22)23(19)38-21(15)11-30(6)41(36,37)24-17(3)27-39-18(24)4/h7-9,12,14-16,21,28,32H,10-11,13H2,1-6H3/t15-,16+,21-/m1/s1. The van der Waals surface area contributed by atoms with Crippen molar-refractivity contribution in [1.82, 2.24) is 23.9 Å². The molecule has 41 heavy (non-hydrogen) atoms. The van der Waals surface area contributed by atoms with E-state index in [-0.39, 0.29) is 58.1 Å². The van der Waals surface area contributed by atoms with Crippen molar-refractivity contribution in [2.24, 2.45) is 13.0 Å². The van der Waals surface area contributed by atoms with Crippen molar-refractivity contribution in [1.29, 1.82) is 0 Å². The lowest BCUT2D eigenvalue weighted by atomic mass is 9.99. The van der Waals surface area contributed by atoms with Gasteiger partial charge < -0.3 is 23.8 Å². The number of carbonyl (C=O) groups excluding carboxylic acids is 1. The van der Waals surface area contributed by atoms with Crippen molar-refractivity contribution in [2.45, 2.75) is 49.8 Å². The van der Waals surface area contributed by atoms with Crippen LogP contribution < -0.4 is 9.46 Å². The molecule has 1 amide bonds.